The maximum absolute atomic E-state index is 12.4. The van der Waals surface area contributed by atoms with Crippen molar-refractivity contribution in [3.8, 4) is 0 Å². The zero-order valence-electron chi connectivity index (χ0n) is 10.9. The molecule has 0 saturated carbocycles. The van der Waals surface area contributed by atoms with Crippen molar-refractivity contribution >= 4 is 17.3 Å². The number of rotatable bonds is 2. The van der Waals surface area contributed by atoms with E-state index in [9.17, 15) is 4.79 Å². The maximum atomic E-state index is 12.4. The molecule has 1 unspecified atom stereocenters. The zero-order chi connectivity index (χ0) is 13.1. The first-order valence-electron chi connectivity index (χ1n) is 6.79. The zero-order valence-corrected chi connectivity index (χ0v) is 10.9. The number of carbonyl (C=O) groups excluding carboxylic acids is 1. The predicted octanol–water partition coefficient (Wildman–Crippen LogP) is 0.824. The van der Waals surface area contributed by atoms with E-state index in [0.717, 1.165) is 37.6 Å². The first kappa shape index (κ1) is 12.4. The Morgan fingerprint density at radius 1 is 1.37 bits per heavy atom. The molecule has 2 aliphatic heterocycles. The Morgan fingerprint density at radius 2 is 2.26 bits per heavy atom. The highest BCUT2D eigenvalue weighted by Gasteiger charge is 2.25. The third kappa shape index (κ3) is 2.72. The summed E-state index contributed by atoms with van der Waals surface area (Å²) >= 11 is 0. The predicted molar refractivity (Wildman–Crippen MR) is 74.5 cm³/mol. The smallest absolute Gasteiger partial charge is 0.228 e. The quantitative estimate of drug-likeness (QED) is 0.828. The molecule has 2 heterocycles. The number of benzene rings is 1. The van der Waals surface area contributed by atoms with Crippen LogP contribution in [-0.2, 0) is 9.53 Å². The van der Waals surface area contributed by atoms with Crippen LogP contribution in [0.4, 0.5) is 11.4 Å². The van der Waals surface area contributed by atoms with Gasteiger partial charge >= 0.3 is 0 Å². The first-order valence-corrected chi connectivity index (χ1v) is 6.79. The van der Waals surface area contributed by atoms with Crippen LogP contribution >= 0.6 is 0 Å². The fraction of sp³-hybridized carbons (Fsp3) is 0.500. The van der Waals surface area contributed by atoms with E-state index in [4.69, 9.17) is 4.74 Å². The van der Waals surface area contributed by atoms with E-state index in [0.29, 0.717) is 13.0 Å². The molecule has 2 aliphatic rings. The molecule has 1 atom stereocenters. The number of nitrogens with one attached hydrogen (secondary N) is 2. The van der Waals surface area contributed by atoms with Gasteiger partial charge in [0, 0.05) is 32.1 Å². The van der Waals surface area contributed by atoms with E-state index >= 15 is 0 Å². The molecule has 1 saturated heterocycles. The molecule has 2 N–H and O–H groups in total. The summed E-state index contributed by atoms with van der Waals surface area (Å²) in [6.07, 6.45) is 0.494. The lowest BCUT2D eigenvalue weighted by Gasteiger charge is -2.32. The summed E-state index contributed by atoms with van der Waals surface area (Å²) in [6, 6.07) is 8.09. The molecule has 1 fully saturated rings. The van der Waals surface area contributed by atoms with Gasteiger partial charge in [-0.2, -0.15) is 0 Å². The number of para-hydroxylation sites is 2. The minimum atomic E-state index is 0.142. The van der Waals surface area contributed by atoms with Gasteiger partial charge in [-0.15, -0.1) is 0 Å². The number of ether oxygens (including phenoxy) is 1. The van der Waals surface area contributed by atoms with Gasteiger partial charge in [0.25, 0.3) is 0 Å². The van der Waals surface area contributed by atoms with Crippen molar-refractivity contribution in [2.75, 3.05) is 43.1 Å². The molecule has 1 aromatic carbocycles. The van der Waals surface area contributed by atoms with Crippen molar-refractivity contribution in [3.63, 3.8) is 0 Å². The highest BCUT2D eigenvalue weighted by molar-refractivity contribution is 5.97. The standard InChI is InChI=1S/C14H19N3O2/c18-14(9-11-10-19-8-6-15-11)17-7-5-16-12-3-1-2-4-13(12)17/h1-4,11,15-16H,5-10H2. The normalized spacial score (nSPS) is 22.5. The van der Waals surface area contributed by atoms with Crippen molar-refractivity contribution < 1.29 is 9.53 Å². The molecule has 0 aliphatic carbocycles. The number of nitrogens with zero attached hydrogens (tertiary/aromatic N) is 1. The van der Waals surface area contributed by atoms with Gasteiger partial charge in [0.1, 0.15) is 0 Å². The molecule has 5 heteroatoms. The summed E-state index contributed by atoms with van der Waals surface area (Å²) in [4.78, 5) is 14.3. The molecule has 102 valence electrons. The van der Waals surface area contributed by atoms with Crippen LogP contribution in [0.15, 0.2) is 24.3 Å². The van der Waals surface area contributed by atoms with Crippen LogP contribution in [0.1, 0.15) is 6.42 Å². The lowest BCUT2D eigenvalue weighted by molar-refractivity contribution is -0.119. The Kier molecular flexibility index (Phi) is 3.66. The minimum Gasteiger partial charge on any atom is -0.382 e. The SMILES string of the molecule is O=C(CC1COCCN1)N1CCNc2ccccc21. The van der Waals surface area contributed by atoms with Crippen LogP contribution in [-0.4, -0.2) is 44.8 Å². The Bertz CT molecular complexity index is 458. The highest BCUT2D eigenvalue weighted by Crippen LogP contribution is 2.28. The van der Waals surface area contributed by atoms with Gasteiger partial charge in [-0.1, -0.05) is 12.1 Å². The number of morpholine rings is 1. The Labute approximate surface area is 112 Å². The van der Waals surface area contributed by atoms with Crippen LogP contribution in [0.25, 0.3) is 0 Å². The molecule has 0 aromatic heterocycles. The van der Waals surface area contributed by atoms with Gasteiger partial charge in [0.15, 0.2) is 0 Å². The van der Waals surface area contributed by atoms with Crippen molar-refractivity contribution in [3.05, 3.63) is 24.3 Å². The third-order valence-electron chi connectivity index (χ3n) is 3.57. The second-order valence-electron chi connectivity index (χ2n) is 4.92. The van der Waals surface area contributed by atoms with Gasteiger partial charge in [-0.05, 0) is 12.1 Å². The maximum Gasteiger partial charge on any atom is 0.228 e. The van der Waals surface area contributed by atoms with E-state index < -0.39 is 0 Å². The van der Waals surface area contributed by atoms with Gasteiger partial charge in [-0.25, -0.2) is 0 Å². The minimum absolute atomic E-state index is 0.142. The molecule has 0 radical (unpaired) electrons. The summed E-state index contributed by atoms with van der Waals surface area (Å²) in [6.45, 7) is 3.72. The van der Waals surface area contributed by atoms with Gasteiger partial charge in [-0.3, -0.25) is 4.79 Å². The van der Waals surface area contributed by atoms with E-state index in [1.165, 1.54) is 0 Å². The van der Waals surface area contributed by atoms with Crippen molar-refractivity contribution in [1.82, 2.24) is 5.32 Å². The summed E-state index contributed by atoms with van der Waals surface area (Å²) in [5.74, 6) is 0.164. The lowest BCUT2D eigenvalue weighted by atomic mass is 10.1. The van der Waals surface area contributed by atoms with E-state index in [-0.39, 0.29) is 11.9 Å². The molecule has 19 heavy (non-hydrogen) atoms. The molecule has 0 spiro atoms. The number of hydrogen-bond donors (Lipinski definition) is 2. The molecule has 5 nitrogen and oxygen atoms in total. The molecule has 3 rings (SSSR count). The summed E-state index contributed by atoms with van der Waals surface area (Å²) in [7, 11) is 0. The van der Waals surface area contributed by atoms with Crippen molar-refractivity contribution in [2.45, 2.75) is 12.5 Å². The molecule has 1 amide bonds. The molecular weight excluding hydrogens is 242 g/mol. The number of fused-ring (bicyclic) bond motifs is 1. The fourth-order valence-corrected chi connectivity index (χ4v) is 2.61. The Morgan fingerprint density at radius 3 is 3.11 bits per heavy atom. The lowest BCUT2D eigenvalue weighted by Crippen LogP contribution is -2.46. The van der Waals surface area contributed by atoms with Crippen LogP contribution in [0.3, 0.4) is 0 Å². The number of hydrogen-bond acceptors (Lipinski definition) is 4. The summed E-state index contributed by atoms with van der Waals surface area (Å²) in [5.41, 5.74) is 2.02. The second kappa shape index (κ2) is 5.59. The summed E-state index contributed by atoms with van der Waals surface area (Å²) < 4.78 is 5.39. The fourth-order valence-electron chi connectivity index (χ4n) is 2.61. The Hall–Kier alpha value is -1.59. The van der Waals surface area contributed by atoms with Gasteiger partial charge in [0.05, 0.1) is 24.6 Å². The third-order valence-corrected chi connectivity index (χ3v) is 3.57. The van der Waals surface area contributed by atoms with E-state index in [1.807, 2.05) is 29.2 Å². The number of carbonyl (C=O) groups is 1. The van der Waals surface area contributed by atoms with E-state index in [1.54, 1.807) is 0 Å². The number of anilines is 2. The van der Waals surface area contributed by atoms with Gasteiger partial charge < -0.3 is 20.3 Å². The first-order chi connectivity index (χ1) is 9.34. The van der Waals surface area contributed by atoms with Crippen LogP contribution in [0, 0.1) is 0 Å². The second-order valence-corrected chi connectivity index (χ2v) is 4.92. The molecule has 0 bridgehead atoms. The van der Waals surface area contributed by atoms with Crippen LogP contribution in [0.5, 0.6) is 0 Å². The monoisotopic (exact) mass is 261 g/mol. The average Bonchev–Trinajstić information content (AvgIpc) is 2.47. The van der Waals surface area contributed by atoms with Crippen molar-refractivity contribution in [1.29, 1.82) is 0 Å². The summed E-state index contributed by atoms with van der Waals surface area (Å²) in [5, 5.41) is 6.64. The van der Waals surface area contributed by atoms with Crippen LogP contribution < -0.4 is 15.5 Å². The average molecular weight is 261 g/mol. The van der Waals surface area contributed by atoms with Crippen LogP contribution in [0.2, 0.25) is 0 Å². The number of amides is 1. The van der Waals surface area contributed by atoms with Gasteiger partial charge in [0.2, 0.25) is 5.91 Å². The van der Waals surface area contributed by atoms with E-state index in [2.05, 4.69) is 10.6 Å². The molecule has 1 aromatic rings. The highest BCUT2D eigenvalue weighted by atomic mass is 16.5. The topological polar surface area (TPSA) is 53.6 Å². The largest absolute Gasteiger partial charge is 0.382 e. The van der Waals surface area contributed by atoms with Crippen molar-refractivity contribution in [2.24, 2.45) is 0 Å². The Balaban J connectivity index is 1.70. The molecular formula is C14H19N3O2.